The van der Waals surface area contributed by atoms with Crippen LogP contribution in [0.5, 0.6) is 5.75 Å². The highest BCUT2D eigenvalue weighted by molar-refractivity contribution is 7.88. The molecule has 1 saturated heterocycles. The van der Waals surface area contributed by atoms with E-state index in [2.05, 4.69) is 15.1 Å². The minimum absolute atomic E-state index is 0.158. The number of aromatic nitrogens is 4. The van der Waals surface area contributed by atoms with Gasteiger partial charge in [0.25, 0.3) is 0 Å². The van der Waals surface area contributed by atoms with Crippen LogP contribution in [0.4, 0.5) is 5.82 Å². The number of nitrogens with zero attached hydrogens (tertiary/aromatic N) is 6. The lowest BCUT2D eigenvalue weighted by atomic mass is 10.2. The second-order valence-electron chi connectivity index (χ2n) is 6.18. The zero-order valence-corrected chi connectivity index (χ0v) is 15.0. The second-order valence-corrected chi connectivity index (χ2v) is 8.17. The van der Waals surface area contributed by atoms with Gasteiger partial charge in [-0.3, -0.25) is 0 Å². The zero-order chi connectivity index (χ0) is 18.3. The van der Waals surface area contributed by atoms with E-state index in [1.54, 1.807) is 29.1 Å². The molecule has 1 aromatic carbocycles. The Balaban J connectivity index is 1.62. The molecule has 3 heterocycles. The van der Waals surface area contributed by atoms with Crippen LogP contribution in [0.1, 0.15) is 0 Å². The van der Waals surface area contributed by atoms with Gasteiger partial charge >= 0.3 is 0 Å². The van der Waals surface area contributed by atoms with Crippen molar-refractivity contribution in [1.29, 1.82) is 0 Å². The average molecular weight is 374 g/mol. The third-order valence-electron chi connectivity index (χ3n) is 4.44. The molecule has 1 aliphatic rings. The number of anilines is 1. The molecule has 26 heavy (non-hydrogen) atoms. The van der Waals surface area contributed by atoms with Crippen molar-refractivity contribution in [3.05, 3.63) is 36.8 Å². The quantitative estimate of drug-likeness (QED) is 0.716. The van der Waals surface area contributed by atoms with E-state index >= 15 is 0 Å². The number of benzene rings is 1. The number of phenolic OH excluding ortho intramolecular Hbond substituents is 1. The van der Waals surface area contributed by atoms with Gasteiger partial charge in [0.05, 0.1) is 18.0 Å². The molecule has 1 aliphatic heterocycles. The summed E-state index contributed by atoms with van der Waals surface area (Å²) in [4.78, 5) is 10.6. The monoisotopic (exact) mass is 374 g/mol. The van der Waals surface area contributed by atoms with Gasteiger partial charge in [0.1, 0.15) is 17.9 Å². The molecule has 0 atom stereocenters. The van der Waals surface area contributed by atoms with Gasteiger partial charge in [-0.25, -0.2) is 23.1 Å². The first-order valence-corrected chi connectivity index (χ1v) is 9.96. The number of aromatic hydroxyl groups is 1. The Morgan fingerprint density at radius 2 is 1.77 bits per heavy atom. The van der Waals surface area contributed by atoms with E-state index in [1.807, 2.05) is 11.0 Å². The fourth-order valence-electron chi connectivity index (χ4n) is 3.06. The molecular formula is C16H18N6O3S. The van der Waals surface area contributed by atoms with Gasteiger partial charge in [0, 0.05) is 43.7 Å². The molecule has 4 rings (SSSR count). The van der Waals surface area contributed by atoms with Crippen molar-refractivity contribution in [3.63, 3.8) is 0 Å². The maximum atomic E-state index is 11.6. The summed E-state index contributed by atoms with van der Waals surface area (Å²) >= 11 is 0. The van der Waals surface area contributed by atoms with Gasteiger partial charge < -0.3 is 10.0 Å². The molecule has 1 fully saturated rings. The van der Waals surface area contributed by atoms with E-state index in [0.717, 1.165) is 10.9 Å². The number of sulfonamides is 1. The van der Waals surface area contributed by atoms with Gasteiger partial charge in [0.2, 0.25) is 10.0 Å². The van der Waals surface area contributed by atoms with E-state index in [9.17, 15) is 13.5 Å². The first kappa shape index (κ1) is 16.7. The van der Waals surface area contributed by atoms with Crippen molar-refractivity contribution in [2.45, 2.75) is 0 Å². The lowest BCUT2D eigenvalue weighted by Crippen LogP contribution is -2.48. The topological polar surface area (TPSA) is 104 Å². The van der Waals surface area contributed by atoms with E-state index in [0.29, 0.717) is 37.8 Å². The standard InChI is InChI=1S/C16H18N6O3S/c1-26(24,25)21-6-4-20(5-7-21)15-9-16(18-11-17-15)22-14-8-13(23)3-2-12(14)10-19-22/h2-3,8-11,23H,4-7H2,1H3. The van der Waals surface area contributed by atoms with Gasteiger partial charge in [-0.1, -0.05) is 0 Å². The van der Waals surface area contributed by atoms with Crippen LogP contribution >= 0.6 is 0 Å². The van der Waals surface area contributed by atoms with Crippen LogP contribution in [0.3, 0.4) is 0 Å². The van der Waals surface area contributed by atoms with Crippen LogP contribution in [0, 0.1) is 0 Å². The minimum atomic E-state index is -3.17. The average Bonchev–Trinajstić information content (AvgIpc) is 3.04. The third kappa shape index (κ3) is 3.08. The third-order valence-corrected chi connectivity index (χ3v) is 5.74. The Morgan fingerprint density at radius 1 is 1.04 bits per heavy atom. The highest BCUT2D eigenvalue weighted by atomic mass is 32.2. The molecule has 0 radical (unpaired) electrons. The van der Waals surface area contributed by atoms with Crippen LogP contribution < -0.4 is 4.90 Å². The minimum Gasteiger partial charge on any atom is -0.508 e. The Hall–Kier alpha value is -2.72. The Bertz CT molecular complexity index is 1060. The maximum absolute atomic E-state index is 11.6. The summed E-state index contributed by atoms with van der Waals surface area (Å²) in [6, 6.07) is 6.85. The van der Waals surface area contributed by atoms with Gasteiger partial charge in [-0.2, -0.15) is 9.40 Å². The molecule has 0 amide bonds. The van der Waals surface area contributed by atoms with Crippen LogP contribution in [0.15, 0.2) is 36.8 Å². The first-order chi connectivity index (χ1) is 12.4. The number of rotatable bonds is 3. The summed E-state index contributed by atoms with van der Waals surface area (Å²) in [7, 11) is -3.17. The lowest BCUT2D eigenvalue weighted by Gasteiger charge is -2.33. The molecule has 9 nitrogen and oxygen atoms in total. The van der Waals surface area contributed by atoms with Crippen LogP contribution in [0.2, 0.25) is 0 Å². The Morgan fingerprint density at radius 3 is 2.50 bits per heavy atom. The van der Waals surface area contributed by atoms with Gasteiger partial charge in [-0.15, -0.1) is 0 Å². The maximum Gasteiger partial charge on any atom is 0.211 e. The van der Waals surface area contributed by atoms with Crippen molar-refractivity contribution in [1.82, 2.24) is 24.1 Å². The molecule has 0 unspecified atom stereocenters. The summed E-state index contributed by atoms with van der Waals surface area (Å²) in [5.74, 6) is 1.46. The zero-order valence-electron chi connectivity index (χ0n) is 14.1. The van der Waals surface area contributed by atoms with Crippen molar-refractivity contribution in [3.8, 4) is 11.6 Å². The summed E-state index contributed by atoms with van der Waals surface area (Å²) in [5.41, 5.74) is 0.747. The molecule has 1 N–H and O–H groups in total. The van der Waals surface area contributed by atoms with Crippen LogP contribution in [-0.2, 0) is 10.0 Å². The summed E-state index contributed by atoms with van der Waals surface area (Å²) in [6.45, 7) is 1.97. The highest BCUT2D eigenvalue weighted by Gasteiger charge is 2.24. The van der Waals surface area contributed by atoms with Crippen molar-refractivity contribution >= 4 is 26.7 Å². The molecule has 0 aliphatic carbocycles. The molecule has 0 spiro atoms. The Kier molecular flexibility index (Phi) is 4.00. The molecule has 0 bridgehead atoms. The lowest BCUT2D eigenvalue weighted by molar-refractivity contribution is 0.387. The van der Waals surface area contributed by atoms with Crippen LogP contribution in [0.25, 0.3) is 16.7 Å². The van der Waals surface area contributed by atoms with Crippen molar-refractivity contribution < 1.29 is 13.5 Å². The smallest absolute Gasteiger partial charge is 0.211 e. The normalized spacial score (nSPS) is 16.3. The van der Waals surface area contributed by atoms with E-state index in [-0.39, 0.29) is 5.75 Å². The summed E-state index contributed by atoms with van der Waals surface area (Å²) < 4.78 is 26.4. The van der Waals surface area contributed by atoms with Crippen LogP contribution in [-0.4, -0.2) is 70.0 Å². The largest absolute Gasteiger partial charge is 0.508 e. The first-order valence-electron chi connectivity index (χ1n) is 8.11. The number of piperazine rings is 1. The molecule has 3 aromatic rings. The van der Waals surface area contributed by atoms with E-state index in [4.69, 9.17) is 0 Å². The second kappa shape index (κ2) is 6.22. The van der Waals surface area contributed by atoms with Crippen molar-refractivity contribution in [2.75, 3.05) is 37.3 Å². The SMILES string of the molecule is CS(=O)(=O)N1CCN(c2cc(-n3ncc4ccc(O)cc43)ncn2)CC1. The summed E-state index contributed by atoms with van der Waals surface area (Å²) in [5, 5.41) is 15.0. The Labute approximate surface area is 150 Å². The fourth-order valence-corrected chi connectivity index (χ4v) is 3.89. The molecule has 2 aromatic heterocycles. The number of hydrogen-bond donors (Lipinski definition) is 1. The van der Waals surface area contributed by atoms with Gasteiger partial charge in [-0.05, 0) is 12.1 Å². The molecule has 10 heteroatoms. The predicted octanol–water partition coefficient (Wildman–Crippen LogP) is 0.603. The predicted molar refractivity (Wildman–Crippen MR) is 97.0 cm³/mol. The molecule has 136 valence electrons. The fraction of sp³-hybridized carbons (Fsp3) is 0.312. The van der Waals surface area contributed by atoms with E-state index in [1.165, 1.54) is 16.9 Å². The number of fused-ring (bicyclic) bond motifs is 1. The summed E-state index contributed by atoms with van der Waals surface area (Å²) in [6.07, 6.45) is 4.40. The molecule has 0 saturated carbocycles. The molecular weight excluding hydrogens is 356 g/mol. The number of hydrogen-bond acceptors (Lipinski definition) is 7. The van der Waals surface area contributed by atoms with Gasteiger partial charge in [0.15, 0.2) is 5.82 Å². The number of phenols is 1. The van der Waals surface area contributed by atoms with E-state index < -0.39 is 10.0 Å². The highest BCUT2D eigenvalue weighted by Crippen LogP contribution is 2.23. The van der Waals surface area contributed by atoms with Crippen molar-refractivity contribution in [2.24, 2.45) is 0 Å².